The number of hydrogen-bond acceptors (Lipinski definition) is 5. The number of urea groups is 1. The summed E-state index contributed by atoms with van der Waals surface area (Å²) in [6, 6.07) is 0.440. The summed E-state index contributed by atoms with van der Waals surface area (Å²) in [5.74, 6) is 0.236. The molecule has 2 fully saturated rings. The topological polar surface area (TPSA) is 125 Å². The molecule has 2 heterocycles. The molecular formula is C12H23N3O4S. The predicted octanol–water partition coefficient (Wildman–Crippen LogP) is -0.266. The van der Waals surface area contributed by atoms with E-state index in [1.54, 1.807) is 0 Å². The van der Waals surface area contributed by atoms with E-state index in [0.717, 1.165) is 25.0 Å². The van der Waals surface area contributed by atoms with Gasteiger partial charge in [0.15, 0.2) is 0 Å². The number of fused-ring (bicyclic) bond motifs is 1. The summed E-state index contributed by atoms with van der Waals surface area (Å²) in [4.78, 5) is 21.5. The van der Waals surface area contributed by atoms with E-state index in [1.807, 2.05) is 11.8 Å². The fourth-order valence-corrected chi connectivity index (χ4v) is 3.81. The average Bonchev–Trinajstić information content (AvgIpc) is 2.94. The first kappa shape index (κ1) is 17.1. The van der Waals surface area contributed by atoms with E-state index in [0.29, 0.717) is 11.8 Å². The van der Waals surface area contributed by atoms with Crippen LogP contribution in [0.25, 0.3) is 0 Å². The number of rotatable bonds is 6. The number of nitrogens with one attached hydrogen (secondary N) is 2. The number of carboxylic acid groups (broad SMARTS) is 1. The summed E-state index contributed by atoms with van der Waals surface area (Å²) in [6.45, 7) is 0.472. The zero-order valence-corrected chi connectivity index (χ0v) is 12.2. The van der Waals surface area contributed by atoms with E-state index in [1.165, 1.54) is 0 Å². The maximum Gasteiger partial charge on any atom is 0.315 e. The van der Waals surface area contributed by atoms with Crippen molar-refractivity contribution in [3.8, 4) is 0 Å². The van der Waals surface area contributed by atoms with Gasteiger partial charge >= 0.3 is 12.0 Å². The van der Waals surface area contributed by atoms with Crippen molar-refractivity contribution >= 4 is 23.8 Å². The monoisotopic (exact) mass is 305 g/mol. The van der Waals surface area contributed by atoms with Crippen LogP contribution in [0.2, 0.25) is 0 Å². The molecule has 0 spiro atoms. The van der Waals surface area contributed by atoms with Crippen molar-refractivity contribution < 1.29 is 19.8 Å². The Balaban J connectivity index is 0.000000444. The highest BCUT2D eigenvalue weighted by Crippen LogP contribution is 2.33. The van der Waals surface area contributed by atoms with Crippen LogP contribution in [0, 0.1) is 0 Å². The fraction of sp³-hybridized carbons (Fsp3) is 0.833. The number of nitrogens with two attached hydrogens (primary N) is 1. The largest absolute Gasteiger partial charge is 0.481 e. The summed E-state index contributed by atoms with van der Waals surface area (Å²) in [5.41, 5.74) is 4.78. The molecule has 2 rings (SSSR count). The number of hydrogen-bond donors (Lipinski definition) is 5. The number of aliphatic carboxylic acids is 1. The Kier molecular flexibility index (Phi) is 7.71. The van der Waals surface area contributed by atoms with Crippen LogP contribution in [0.3, 0.4) is 0 Å². The zero-order valence-electron chi connectivity index (χ0n) is 11.4. The van der Waals surface area contributed by atoms with Crippen molar-refractivity contribution in [3.63, 3.8) is 0 Å². The van der Waals surface area contributed by atoms with Gasteiger partial charge in [0.05, 0.1) is 18.7 Å². The number of aliphatic hydroxyl groups is 1. The molecule has 2 amide bonds. The smallest absolute Gasteiger partial charge is 0.315 e. The van der Waals surface area contributed by atoms with E-state index in [-0.39, 0.29) is 31.1 Å². The first-order valence-corrected chi connectivity index (χ1v) is 7.84. The first-order chi connectivity index (χ1) is 9.58. The number of amides is 2. The Morgan fingerprint density at radius 2 is 2.10 bits per heavy atom. The third-order valence-electron chi connectivity index (χ3n) is 3.20. The normalized spacial score (nSPS) is 27.1. The Bertz CT molecular complexity index is 328. The highest BCUT2D eigenvalue weighted by Gasteiger charge is 2.42. The number of unbranched alkanes of at least 4 members (excludes halogenated alkanes) is 1. The quantitative estimate of drug-likeness (QED) is 0.340. The lowest BCUT2D eigenvalue weighted by atomic mass is 10.0. The maximum atomic E-state index is 11.1. The minimum Gasteiger partial charge on any atom is -0.481 e. The second-order valence-corrected chi connectivity index (χ2v) is 6.05. The number of carboxylic acids is 1. The van der Waals surface area contributed by atoms with Crippen molar-refractivity contribution in [2.24, 2.45) is 5.73 Å². The molecule has 2 aliphatic rings. The molecule has 0 saturated carbocycles. The number of thioether (sulfide) groups is 1. The molecule has 2 aliphatic heterocycles. The summed E-state index contributed by atoms with van der Waals surface area (Å²) in [7, 11) is 0. The van der Waals surface area contributed by atoms with Crippen molar-refractivity contribution in [3.05, 3.63) is 0 Å². The molecule has 3 atom stereocenters. The minimum atomic E-state index is -0.729. The van der Waals surface area contributed by atoms with Gasteiger partial charge in [-0.2, -0.15) is 11.8 Å². The Labute approximate surface area is 122 Å². The zero-order chi connectivity index (χ0) is 15.0. The average molecular weight is 305 g/mol. The first-order valence-electron chi connectivity index (χ1n) is 6.79. The van der Waals surface area contributed by atoms with E-state index in [9.17, 15) is 9.59 Å². The van der Waals surface area contributed by atoms with Gasteiger partial charge in [0.2, 0.25) is 0 Å². The highest BCUT2D eigenvalue weighted by molar-refractivity contribution is 8.00. The molecule has 0 aliphatic carbocycles. The Morgan fingerprint density at radius 3 is 2.70 bits per heavy atom. The SMILES string of the molecule is NCCO.O=C(O)CCCC[C@@H]1SC[C@@H]2NC(=O)N[C@@H]21. The van der Waals surface area contributed by atoms with E-state index >= 15 is 0 Å². The van der Waals surface area contributed by atoms with E-state index in [4.69, 9.17) is 15.9 Å². The lowest BCUT2D eigenvalue weighted by molar-refractivity contribution is -0.137. The molecule has 0 unspecified atom stereocenters. The molecule has 8 heteroatoms. The van der Waals surface area contributed by atoms with Gasteiger partial charge < -0.3 is 26.6 Å². The van der Waals surface area contributed by atoms with Gasteiger partial charge in [0, 0.05) is 24.0 Å². The second-order valence-electron chi connectivity index (χ2n) is 4.77. The van der Waals surface area contributed by atoms with Crippen LogP contribution in [0.5, 0.6) is 0 Å². The Morgan fingerprint density at radius 1 is 1.40 bits per heavy atom. The summed E-state index contributed by atoms with van der Waals surface area (Å²) in [5, 5.41) is 22.5. The van der Waals surface area contributed by atoms with Crippen LogP contribution in [0.1, 0.15) is 25.7 Å². The summed E-state index contributed by atoms with van der Waals surface area (Å²) >= 11 is 1.87. The molecule has 0 radical (unpaired) electrons. The standard InChI is InChI=1S/C10H16N2O3S.C2H7NO/c13-8(14)4-2-1-3-7-9-6(5-16-7)11-10(15)12-9;3-1-2-4/h6-7,9H,1-5H2,(H,13,14)(H2,11,12,15);4H,1-3H2/t6-,7-,9-;/m0./s1. The van der Waals surface area contributed by atoms with Crippen molar-refractivity contribution in [1.82, 2.24) is 10.6 Å². The van der Waals surface area contributed by atoms with Crippen LogP contribution >= 0.6 is 11.8 Å². The van der Waals surface area contributed by atoms with Gasteiger partial charge in [0.1, 0.15) is 0 Å². The third-order valence-corrected chi connectivity index (χ3v) is 4.71. The van der Waals surface area contributed by atoms with E-state index in [2.05, 4.69) is 10.6 Å². The van der Waals surface area contributed by atoms with Crippen LogP contribution in [-0.4, -0.2) is 58.5 Å². The molecule has 0 aromatic heterocycles. The van der Waals surface area contributed by atoms with Crippen molar-refractivity contribution in [2.75, 3.05) is 18.9 Å². The number of carbonyl (C=O) groups excluding carboxylic acids is 1. The van der Waals surface area contributed by atoms with Gasteiger partial charge in [-0.25, -0.2) is 4.79 Å². The summed E-state index contributed by atoms with van der Waals surface area (Å²) < 4.78 is 0. The van der Waals surface area contributed by atoms with Gasteiger partial charge in [-0.3, -0.25) is 4.79 Å². The summed E-state index contributed by atoms with van der Waals surface area (Å²) in [6.07, 6.45) is 2.88. The number of aliphatic hydroxyl groups excluding tert-OH is 1. The molecule has 0 aromatic rings. The van der Waals surface area contributed by atoms with Gasteiger partial charge in [-0.1, -0.05) is 6.42 Å². The third kappa shape index (κ3) is 5.56. The second kappa shape index (κ2) is 9.04. The molecule has 6 N–H and O–H groups in total. The number of carbonyl (C=O) groups is 2. The van der Waals surface area contributed by atoms with Crippen LogP contribution < -0.4 is 16.4 Å². The molecule has 20 heavy (non-hydrogen) atoms. The van der Waals surface area contributed by atoms with Crippen LogP contribution in [0.15, 0.2) is 0 Å². The molecule has 2 saturated heterocycles. The van der Waals surface area contributed by atoms with Crippen LogP contribution in [0.4, 0.5) is 4.79 Å². The molecular weight excluding hydrogens is 282 g/mol. The predicted molar refractivity (Wildman–Crippen MR) is 77.7 cm³/mol. The Hall–Kier alpha value is -0.990. The van der Waals surface area contributed by atoms with E-state index < -0.39 is 5.97 Å². The fourth-order valence-electron chi connectivity index (χ4n) is 2.26. The maximum absolute atomic E-state index is 11.1. The van der Waals surface area contributed by atoms with Crippen molar-refractivity contribution in [2.45, 2.75) is 43.0 Å². The van der Waals surface area contributed by atoms with Crippen molar-refractivity contribution in [1.29, 1.82) is 0 Å². The van der Waals surface area contributed by atoms with Gasteiger partial charge in [-0.05, 0) is 12.8 Å². The molecule has 7 nitrogen and oxygen atoms in total. The lowest BCUT2D eigenvalue weighted by Crippen LogP contribution is -2.36. The molecule has 0 aromatic carbocycles. The highest BCUT2D eigenvalue weighted by atomic mass is 32.2. The minimum absolute atomic E-state index is 0.0640. The molecule has 0 bridgehead atoms. The van der Waals surface area contributed by atoms with Crippen LogP contribution in [-0.2, 0) is 4.79 Å². The molecule has 116 valence electrons. The van der Waals surface area contributed by atoms with Gasteiger partial charge in [-0.15, -0.1) is 0 Å². The lowest BCUT2D eigenvalue weighted by Gasteiger charge is -2.16. The van der Waals surface area contributed by atoms with Gasteiger partial charge in [0.25, 0.3) is 0 Å².